The van der Waals surface area contributed by atoms with E-state index in [1.165, 1.54) is 0 Å². The van der Waals surface area contributed by atoms with Crippen molar-refractivity contribution >= 4 is 17.2 Å². The molecule has 2 aromatic rings. The number of benzene rings is 2. The highest BCUT2D eigenvalue weighted by molar-refractivity contribution is 5.97. The van der Waals surface area contributed by atoms with Crippen LogP contribution in [0.3, 0.4) is 0 Å². The van der Waals surface area contributed by atoms with Crippen LogP contribution in [-0.4, -0.2) is 19.0 Å². The number of hydrogen-bond acceptors (Lipinski definition) is 7. The molecule has 1 N–H and O–H groups in total. The standard InChI is InChI=1S/C17H15N5O2/c18-12-17-21-19-13-6-1-3-8-15(13)23-10-5-11-24-16-9-4-2-7-14(16)20-22-17/h1-4,6-9,19H,5,10-11H2. The number of hydrogen-bond donors (Lipinski definition) is 1. The lowest BCUT2D eigenvalue weighted by atomic mass is 10.3. The number of ether oxygens (including phenoxy) is 2. The van der Waals surface area contributed by atoms with Crippen LogP contribution < -0.4 is 14.9 Å². The molecule has 1 aliphatic heterocycles. The third-order valence-corrected chi connectivity index (χ3v) is 3.19. The van der Waals surface area contributed by atoms with Gasteiger partial charge in [-0.1, -0.05) is 24.3 Å². The van der Waals surface area contributed by atoms with E-state index in [2.05, 4.69) is 20.8 Å². The molecule has 24 heavy (non-hydrogen) atoms. The maximum absolute atomic E-state index is 9.16. The van der Waals surface area contributed by atoms with Crippen LogP contribution in [0.25, 0.3) is 0 Å². The molecule has 0 saturated heterocycles. The summed E-state index contributed by atoms with van der Waals surface area (Å²) >= 11 is 0. The minimum atomic E-state index is -0.100. The largest absolute Gasteiger partial charge is 0.491 e. The molecule has 0 aliphatic carbocycles. The van der Waals surface area contributed by atoms with Crippen molar-refractivity contribution in [3.05, 3.63) is 48.5 Å². The summed E-state index contributed by atoms with van der Waals surface area (Å²) in [6.07, 6.45) is 0.715. The zero-order valence-corrected chi connectivity index (χ0v) is 12.8. The third kappa shape index (κ3) is 3.87. The summed E-state index contributed by atoms with van der Waals surface area (Å²) in [5, 5.41) is 21.1. The van der Waals surface area contributed by atoms with Gasteiger partial charge in [0.1, 0.15) is 23.3 Å². The summed E-state index contributed by atoms with van der Waals surface area (Å²) < 4.78 is 11.5. The number of amidine groups is 1. The van der Waals surface area contributed by atoms with Crippen molar-refractivity contribution in [3.63, 3.8) is 0 Å². The molecule has 0 saturated carbocycles. The van der Waals surface area contributed by atoms with E-state index in [9.17, 15) is 0 Å². The molecule has 7 nitrogen and oxygen atoms in total. The summed E-state index contributed by atoms with van der Waals surface area (Å²) in [4.78, 5) is 0. The fraction of sp³-hybridized carbons (Fsp3) is 0.176. The quantitative estimate of drug-likeness (QED) is 0.797. The maximum atomic E-state index is 9.16. The monoisotopic (exact) mass is 321 g/mol. The number of para-hydroxylation sites is 3. The van der Waals surface area contributed by atoms with Crippen LogP contribution in [0.5, 0.6) is 11.5 Å². The van der Waals surface area contributed by atoms with Crippen molar-refractivity contribution in [2.75, 3.05) is 18.6 Å². The van der Waals surface area contributed by atoms with Crippen LogP contribution in [0, 0.1) is 11.3 Å². The first-order valence-corrected chi connectivity index (χ1v) is 7.46. The fourth-order valence-corrected chi connectivity index (χ4v) is 2.05. The highest BCUT2D eigenvalue weighted by atomic mass is 16.5. The van der Waals surface area contributed by atoms with E-state index in [1.807, 2.05) is 42.5 Å². The van der Waals surface area contributed by atoms with E-state index < -0.39 is 0 Å². The van der Waals surface area contributed by atoms with Gasteiger partial charge in [0.05, 0.1) is 18.9 Å². The molecule has 0 spiro atoms. The van der Waals surface area contributed by atoms with Crippen molar-refractivity contribution < 1.29 is 9.47 Å². The van der Waals surface area contributed by atoms with Gasteiger partial charge in [0.15, 0.2) is 0 Å². The molecule has 0 bridgehead atoms. The lowest BCUT2D eigenvalue weighted by Gasteiger charge is -2.12. The lowest BCUT2D eigenvalue weighted by molar-refractivity contribution is 0.248. The van der Waals surface area contributed by atoms with Crippen molar-refractivity contribution in [3.8, 4) is 17.6 Å². The molecule has 0 unspecified atom stereocenters. The number of azo groups is 1. The van der Waals surface area contributed by atoms with E-state index in [1.54, 1.807) is 12.1 Å². The van der Waals surface area contributed by atoms with Crippen molar-refractivity contribution in [2.45, 2.75) is 6.42 Å². The molecule has 1 aliphatic rings. The molecular weight excluding hydrogens is 306 g/mol. The Morgan fingerprint density at radius 1 is 0.917 bits per heavy atom. The summed E-state index contributed by atoms with van der Waals surface area (Å²) in [6, 6.07) is 16.5. The summed E-state index contributed by atoms with van der Waals surface area (Å²) in [5.41, 5.74) is 3.99. The Morgan fingerprint density at radius 2 is 1.62 bits per heavy atom. The van der Waals surface area contributed by atoms with Gasteiger partial charge in [-0.3, -0.25) is 5.43 Å². The van der Waals surface area contributed by atoms with Gasteiger partial charge in [-0.2, -0.15) is 5.26 Å². The smallest absolute Gasteiger partial charge is 0.270 e. The Morgan fingerprint density at radius 3 is 2.46 bits per heavy atom. The lowest BCUT2D eigenvalue weighted by Crippen LogP contribution is -2.07. The summed E-state index contributed by atoms with van der Waals surface area (Å²) in [7, 11) is 0. The van der Waals surface area contributed by atoms with E-state index in [0.717, 1.165) is 0 Å². The number of nitrogens with one attached hydrogen (secondary N) is 1. The number of anilines is 1. The fourth-order valence-electron chi connectivity index (χ4n) is 2.05. The second-order valence-corrected chi connectivity index (χ2v) is 4.87. The predicted octanol–water partition coefficient (Wildman–Crippen LogP) is 3.88. The van der Waals surface area contributed by atoms with Gasteiger partial charge in [0.2, 0.25) is 0 Å². The van der Waals surface area contributed by atoms with Gasteiger partial charge in [0.25, 0.3) is 5.84 Å². The van der Waals surface area contributed by atoms with E-state index >= 15 is 0 Å². The molecule has 120 valence electrons. The van der Waals surface area contributed by atoms with Crippen molar-refractivity contribution in [1.82, 2.24) is 0 Å². The molecule has 0 radical (unpaired) electrons. The third-order valence-electron chi connectivity index (χ3n) is 3.19. The van der Waals surface area contributed by atoms with Gasteiger partial charge >= 0.3 is 0 Å². The molecule has 0 aromatic heterocycles. The molecule has 1 heterocycles. The molecule has 0 amide bonds. The molecular formula is C17H15N5O2. The Bertz CT molecular complexity index is 811. The van der Waals surface area contributed by atoms with Crippen LogP contribution >= 0.6 is 0 Å². The van der Waals surface area contributed by atoms with Gasteiger partial charge in [-0.25, -0.2) is 0 Å². The Hall–Kier alpha value is -3.40. The summed E-state index contributed by atoms with van der Waals surface area (Å²) in [6.45, 7) is 0.985. The van der Waals surface area contributed by atoms with Gasteiger partial charge in [-0.15, -0.1) is 15.3 Å². The average Bonchev–Trinajstić information content (AvgIpc) is 2.63. The van der Waals surface area contributed by atoms with Crippen LogP contribution in [-0.2, 0) is 0 Å². The van der Waals surface area contributed by atoms with E-state index in [4.69, 9.17) is 14.7 Å². The SMILES string of the molecule is N#CC1=NNc2ccccc2OCCCOc2ccccc2N=N1. The first kappa shape index (κ1) is 15.5. The van der Waals surface area contributed by atoms with Gasteiger partial charge in [-0.05, 0) is 24.3 Å². The number of hydrazone groups is 1. The van der Waals surface area contributed by atoms with Crippen LogP contribution in [0.2, 0.25) is 0 Å². The number of nitriles is 1. The Labute approximate surface area is 139 Å². The Kier molecular flexibility index (Phi) is 5.00. The van der Waals surface area contributed by atoms with Crippen molar-refractivity contribution in [2.24, 2.45) is 15.3 Å². The minimum absolute atomic E-state index is 0.100. The first-order chi connectivity index (χ1) is 11.9. The number of fused-ring (bicyclic) bond motifs is 2. The summed E-state index contributed by atoms with van der Waals surface area (Å²) in [5.74, 6) is 1.15. The zero-order chi connectivity index (χ0) is 16.6. The maximum Gasteiger partial charge on any atom is 0.270 e. The molecule has 0 fully saturated rings. The minimum Gasteiger partial charge on any atom is -0.491 e. The van der Waals surface area contributed by atoms with E-state index in [0.29, 0.717) is 42.5 Å². The average molecular weight is 321 g/mol. The Balaban J connectivity index is 1.92. The topological polar surface area (TPSA) is 91.4 Å². The van der Waals surface area contributed by atoms with E-state index in [-0.39, 0.29) is 5.84 Å². The molecule has 7 heteroatoms. The highest BCUT2D eigenvalue weighted by Gasteiger charge is 2.06. The second kappa shape index (κ2) is 7.74. The molecule has 2 aromatic carbocycles. The van der Waals surface area contributed by atoms with Gasteiger partial charge < -0.3 is 9.47 Å². The zero-order valence-electron chi connectivity index (χ0n) is 12.8. The molecule has 3 rings (SSSR count). The van der Waals surface area contributed by atoms with Crippen LogP contribution in [0.4, 0.5) is 11.4 Å². The van der Waals surface area contributed by atoms with Crippen LogP contribution in [0.15, 0.2) is 63.9 Å². The highest BCUT2D eigenvalue weighted by Crippen LogP contribution is 2.28. The predicted molar refractivity (Wildman–Crippen MR) is 89.7 cm³/mol. The second-order valence-electron chi connectivity index (χ2n) is 4.87. The van der Waals surface area contributed by atoms with Crippen molar-refractivity contribution in [1.29, 1.82) is 5.26 Å². The first-order valence-electron chi connectivity index (χ1n) is 7.46. The van der Waals surface area contributed by atoms with Crippen LogP contribution in [0.1, 0.15) is 6.42 Å². The number of nitrogens with zero attached hydrogens (tertiary/aromatic N) is 4. The molecule has 0 atom stereocenters. The van der Waals surface area contributed by atoms with Gasteiger partial charge in [0, 0.05) is 6.42 Å². The normalized spacial score (nSPS) is 14.4. The number of rotatable bonds is 0.